The first-order valence-corrected chi connectivity index (χ1v) is 7.39. The van der Waals surface area contributed by atoms with Crippen LogP contribution in [0.5, 0.6) is 0 Å². The maximum Gasteiger partial charge on any atom is 0.250 e. The van der Waals surface area contributed by atoms with Gasteiger partial charge in [-0.3, -0.25) is 4.79 Å². The second-order valence-electron chi connectivity index (χ2n) is 5.79. The number of rotatable bonds is 3. The Hall–Kier alpha value is -1.42. The molecule has 1 saturated carbocycles. The Labute approximate surface area is 125 Å². The van der Waals surface area contributed by atoms with Crippen LogP contribution >= 0.6 is 11.6 Å². The van der Waals surface area contributed by atoms with E-state index in [1.54, 1.807) is 12.1 Å². The summed E-state index contributed by atoms with van der Waals surface area (Å²) in [5, 5.41) is 0.486. The van der Waals surface area contributed by atoms with Crippen LogP contribution in [0.3, 0.4) is 0 Å². The molecule has 110 valence electrons. The third-order valence-corrected chi connectivity index (χ3v) is 4.53. The number of nitrogens with zero attached hydrogens (tertiary/aromatic N) is 1. The molecule has 20 heavy (non-hydrogen) atoms. The van der Waals surface area contributed by atoms with Gasteiger partial charge in [0, 0.05) is 18.8 Å². The lowest BCUT2D eigenvalue weighted by Crippen LogP contribution is -2.36. The zero-order valence-electron chi connectivity index (χ0n) is 12.0. The molecule has 1 aromatic carbocycles. The van der Waals surface area contributed by atoms with Crippen molar-refractivity contribution in [1.29, 1.82) is 0 Å². The van der Waals surface area contributed by atoms with Gasteiger partial charge >= 0.3 is 0 Å². The van der Waals surface area contributed by atoms with Crippen LogP contribution in [-0.4, -0.2) is 19.0 Å². The lowest BCUT2D eigenvalue weighted by molar-refractivity contribution is 0.100. The van der Waals surface area contributed by atoms with Gasteiger partial charge in [0.1, 0.15) is 0 Å². The molecule has 1 aliphatic rings. The van der Waals surface area contributed by atoms with Crippen molar-refractivity contribution in [3.05, 3.63) is 22.7 Å². The largest absolute Gasteiger partial charge is 0.399 e. The predicted molar refractivity (Wildman–Crippen MR) is 84.2 cm³/mol. The molecule has 0 aromatic heterocycles. The van der Waals surface area contributed by atoms with E-state index in [4.69, 9.17) is 23.1 Å². The Morgan fingerprint density at radius 2 is 1.90 bits per heavy atom. The van der Waals surface area contributed by atoms with Crippen LogP contribution in [0.25, 0.3) is 0 Å². The standard InChI is InChI=1S/C15H22ClN3O/c1-9-3-5-11(6-4-9)19(2)14-12(15(18)20)7-10(17)8-13(14)16/h7-9,11H,3-6,17H2,1-2H3,(H2,18,20). The van der Waals surface area contributed by atoms with E-state index < -0.39 is 5.91 Å². The van der Waals surface area contributed by atoms with Crippen LogP contribution < -0.4 is 16.4 Å². The maximum absolute atomic E-state index is 11.6. The van der Waals surface area contributed by atoms with Gasteiger partial charge in [-0.2, -0.15) is 0 Å². The van der Waals surface area contributed by atoms with Gasteiger partial charge < -0.3 is 16.4 Å². The highest BCUT2D eigenvalue weighted by Gasteiger charge is 2.26. The van der Waals surface area contributed by atoms with E-state index in [1.165, 1.54) is 12.8 Å². The number of hydrogen-bond donors (Lipinski definition) is 2. The van der Waals surface area contributed by atoms with Crippen LogP contribution in [0.15, 0.2) is 12.1 Å². The zero-order chi connectivity index (χ0) is 14.9. The summed E-state index contributed by atoms with van der Waals surface area (Å²) in [5.74, 6) is 0.280. The average molecular weight is 296 g/mol. The number of anilines is 2. The summed E-state index contributed by atoms with van der Waals surface area (Å²) in [6.45, 7) is 2.28. The molecule has 4 N–H and O–H groups in total. The number of carbonyl (C=O) groups is 1. The fourth-order valence-corrected chi connectivity index (χ4v) is 3.34. The molecule has 0 saturated heterocycles. The van der Waals surface area contributed by atoms with Gasteiger partial charge in [-0.1, -0.05) is 18.5 Å². The molecule has 0 unspecified atom stereocenters. The van der Waals surface area contributed by atoms with E-state index in [2.05, 4.69) is 11.8 Å². The molecule has 0 spiro atoms. The number of amides is 1. The van der Waals surface area contributed by atoms with Gasteiger partial charge in [0.15, 0.2) is 0 Å². The monoisotopic (exact) mass is 295 g/mol. The fourth-order valence-electron chi connectivity index (χ4n) is 2.98. The summed E-state index contributed by atoms with van der Waals surface area (Å²) in [7, 11) is 1.98. The number of benzene rings is 1. The average Bonchev–Trinajstić information content (AvgIpc) is 2.37. The van der Waals surface area contributed by atoms with Crippen molar-refractivity contribution < 1.29 is 4.79 Å². The summed E-state index contributed by atoms with van der Waals surface area (Å²) in [5.41, 5.74) is 12.8. The number of hydrogen-bond acceptors (Lipinski definition) is 3. The van der Waals surface area contributed by atoms with Crippen molar-refractivity contribution in [1.82, 2.24) is 0 Å². The summed E-state index contributed by atoms with van der Waals surface area (Å²) >= 11 is 6.29. The van der Waals surface area contributed by atoms with Crippen LogP contribution in [0.1, 0.15) is 43.0 Å². The van der Waals surface area contributed by atoms with Gasteiger partial charge in [0.25, 0.3) is 5.91 Å². The first-order chi connectivity index (χ1) is 9.40. The summed E-state index contributed by atoms with van der Waals surface area (Å²) in [4.78, 5) is 13.7. The molecular weight excluding hydrogens is 274 g/mol. The number of nitrogen functional groups attached to an aromatic ring is 1. The Kier molecular flexibility index (Phi) is 4.43. The quantitative estimate of drug-likeness (QED) is 0.842. The zero-order valence-corrected chi connectivity index (χ0v) is 12.8. The van der Waals surface area contributed by atoms with E-state index in [0.717, 1.165) is 18.8 Å². The normalized spacial score (nSPS) is 22.6. The molecule has 0 bridgehead atoms. The van der Waals surface area contributed by atoms with Crippen LogP contribution in [0.2, 0.25) is 5.02 Å². The van der Waals surface area contributed by atoms with Gasteiger partial charge in [-0.25, -0.2) is 0 Å². The third-order valence-electron chi connectivity index (χ3n) is 4.24. The number of halogens is 1. The third kappa shape index (κ3) is 3.01. The van der Waals surface area contributed by atoms with Crippen molar-refractivity contribution >= 4 is 28.9 Å². The molecule has 0 radical (unpaired) electrons. The van der Waals surface area contributed by atoms with Crippen molar-refractivity contribution in [3.63, 3.8) is 0 Å². The Morgan fingerprint density at radius 1 is 1.30 bits per heavy atom. The fraction of sp³-hybridized carbons (Fsp3) is 0.533. The lowest BCUT2D eigenvalue weighted by Gasteiger charge is -2.36. The number of nitrogens with two attached hydrogens (primary N) is 2. The molecule has 0 atom stereocenters. The maximum atomic E-state index is 11.6. The highest BCUT2D eigenvalue weighted by Crippen LogP contribution is 2.36. The minimum atomic E-state index is -0.495. The molecule has 1 fully saturated rings. The second kappa shape index (κ2) is 5.92. The van der Waals surface area contributed by atoms with Gasteiger partial charge in [0.2, 0.25) is 0 Å². The topological polar surface area (TPSA) is 72.3 Å². The summed E-state index contributed by atoms with van der Waals surface area (Å²) < 4.78 is 0. The van der Waals surface area contributed by atoms with Crippen LogP contribution in [0.4, 0.5) is 11.4 Å². The first kappa shape index (κ1) is 15.0. The van der Waals surface area contributed by atoms with Gasteiger partial charge in [-0.05, 0) is 43.7 Å². The Morgan fingerprint density at radius 3 is 2.45 bits per heavy atom. The summed E-state index contributed by atoms with van der Waals surface area (Å²) in [6, 6.07) is 3.67. The number of primary amides is 1. The van der Waals surface area contributed by atoms with E-state index >= 15 is 0 Å². The highest BCUT2D eigenvalue weighted by molar-refractivity contribution is 6.34. The molecular formula is C15H22ClN3O. The van der Waals surface area contributed by atoms with Crippen molar-refractivity contribution in [2.24, 2.45) is 11.7 Å². The molecule has 2 rings (SSSR count). The minimum absolute atomic E-state index is 0.394. The molecule has 1 aromatic rings. The molecule has 1 aliphatic carbocycles. The molecule has 4 nitrogen and oxygen atoms in total. The van der Waals surface area contributed by atoms with Crippen LogP contribution in [-0.2, 0) is 0 Å². The Bertz CT molecular complexity index is 510. The molecule has 1 amide bonds. The van der Waals surface area contributed by atoms with Gasteiger partial charge in [0.05, 0.1) is 16.3 Å². The summed E-state index contributed by atoms with van der Waals surface area (Å²) in [6.07, 6.45) is 4.62. The second-order valence-corrected chi connectivity index (χ2v) is 6.19. The van der Waals surface area contributed by atoms with Crippen molar-refractivity contribution in [2.45, 2.75) is 38.6 Å². The predicted octanol–water partition coefficient (Wildman–Crippen LogP) is 3.04. The van der Waals surface area contributed by atoms with Gasteiger partial charge in [-0.15, -0.1) is 0 Å². The first-order valence-electron chi connectivity index (χ1n) is 7.01. The lowest BCUT2D eigenvalue weighted by atomic mass is 9.86. The van der Waals surface area contributed by atoms with Crippen LogP contribution in [0, 0.1) is 5.92 Å². The van der Waals surface area contributed by atoms with Crippen molar-refractivity contribution in [3.8, 4) is 0 Å². The molecule has 0 heterocycles. The minimum Gasteiger partial charge on any atom is -0.399 e. The van der Waals surface area contributed by atoms with E-state index in [9.17, 15) is 4.79 Å². The SMILES string of the molecule is CC1CCC(N(C)c2c(Cl)cc(N)cc2C(N)=O)CC1. The van der Waals surface area contributed by atoms with E-state index in [0.29, 0.717) is 28.0 Å². The number of carbonyl (C=O) groups excluding carboxylic acids is 1. The molecule has 0 aliphatic heterocycles. The molecule has 5 heteroatoms. The Balaban J connectivity index is 2.33. The van der Waals surface area contributed by atoms with Crippen molar-refractivity contribution in [2.75, 3.05) is 17.7 Å². The highest BCUT2D eigenvalue weighted by atomic mass is 35.5. The van der Waals surface area contributed by atoms with E-state index in [-0.39, 0.29) is 0 Å². The smallest absolute Gasteiger partial charge is 0.250 e. The van der Waals surface area contributed by atoms with E-state index in [1.807, 2.05) is 7.05 Å².